The molecule has 1 saturated heterocycles. The van der Waals surface area contributed by atoms with Crippen LogP contribution < -0.4 is 0 Å². The van der Waals surface area contributed by atoms with Gasteiger partial charge in [0.15, 0.2) is 0 Å². The Bertz CT molecular complexity index is 836. The van der Waals surface area contributed by atoms with Crippen LogP contribution in [0.3, 0.4) is 0 Å². The Hall–Kier alpha value is -1.18. The number of rotatable bonds is 15. The summed E-state index contributed by atoms with van der Waals surface area (Å²) in [5, 5.41) is 21.4. The zero-order valence-corrected chi connectivity index (χ0v) is 25.2. The van der Waals surface area contributed by atoms with Gasteiger partial charge in [0.25, 0.3) is 0 Å². The number of carbonyl (C=O) groups is 1. The summed E-state index contributed by atoms with van der Waals surface area (Å²) in [4.78, 5) is 14.3. The SMILES string of the molecule is CC(C)(C)CCCC(O)c1ccc([C@@H]2[C@@H](CCCCCCC(=O)OCCN3CCOCC3)[C@H](Cl)C[C@H]2O)cc1. The molecule has 0 bridgehead atoms. The second-order valence-corrected chi connectivity index (χ2v) is 13.3. The Morgan fingerprint density at radius 2 is 1.79 bits per heavy atom. The van der Waals surface area contributed by atoms with Crippen molar-refractivity contribution in [3.63, 3.8) is 0 Å². The third kappa shape index (κ3) is 11.3. The second kappa shape index (κ2) is 16.3. The average molecular weight is 566 g/mol. The normalized spacial score (nSPS) is 25.1. The average Bonchev–Trinajstić information content (AvgIpc) is 3.18. The second-order valence-electron chi connectivity index (χ2n) is 12.8. The molecule has 2 fully saturated rings. The zero-order valence-electron chi connectivity index (χ0n) is 24.5. The summed E-state index contributed by atoms with van der Waals surface area (Å²) in [6.07, 6.45) is 7.94. The van der Waals surface area contributed by atoms with Gasteiger partial charge in [-0.1, -0.05) is 70.7 Å². The Balaban J connectivity index is 1.35. The Kier molecular flexibility index (Phi) is 13.5. The predicted octanol–water partition coefficient (Wildman–Crippen LogP) is 6.22. The summed E-state index contributed by atoms with van der Waals surface area (Å²) in [5.74, 6) is 0.154. The number of unbranched alkanes of at least 4 members (excludes halogenated alkanes) is 3. The molecule has 1 aromatic carbocycles. The van der Waals surface area contributed by atoms with Gasteiger partial charge in [-0.2, -0.15) is 0 Å². The number of hydrogen-bond donors (Lipinski definition) is 2. The number of aliphatic hydroxyl groups excluding tert-OH is 2. The number of esters is 1. The molecule has 1 heterocycles. The molecule has 5 atom stereocenters. The molecule has 1 aliphatic carbocycles. The number of alkyl halides is 1. The van der Waals surface area contributed by atoms with E-state index in [0.29, 0.717) is 19.4 Å². The fraction of sp³-hybridized carbons (Fsp3) is 0.781. The molecule has 0 spiro atoms. The zero-order chi connectivity index (χ0) is 28.3. The first-order valence-electron chi connectivity index (χ1n) is 15.2. The number of nitrogens with zero attached hydrogens (tertiary/aromatic N) is 1. The highest BCUT2D eigenvalue weighted by atomic mass is 35.5. The van der Waals surface area contributed by atoms with E-state index in [2.05, 4.69) is 37.8 Å². The van der Waals surface area contributed by atoms with Crippen LogP contribution in [0.1, 0.15) is 108 Å². The molecule has 1 saturated carbocycles. The van der Waals surface area contributed by atoms with Crippen LogP contribution in [-0.4, -0.2) is 72.0 Å². The van der Waals surface area contributed by atoms with Crippen molar-refractivity contribution in [2.45, 2.75) is 108 Å². The highest BCUT2D eigenvalue weighted by molar-refractivity contribution is 6.21. The smallest absolute Gasteiger partial charge is 0.305 e. The van der Waals surface area contributed by atoms with Gasteiger partial charge in [-0.25, -0.2) is 0 Å². The molecule has 6 nitrogen and oxygen atoms in total. The van der Waals surface area contributed by atoms with Crippen LogP contribution in [0.25, 0.3) is 0 Å². The molecular formula is C32H52ClNO5. The molecule has 0 amide bonds. The number of halogens is 1. The molecule has 7 heteroatoms. The van der Waals surface area contributed by atoms with Crippen LogP contribution in [0.4, 0.5) is 0 Å². The van der Waals surface area contributed by atoms with Crippen molar-refractivity contribution in [1.82, 2.24) is 4.90 Å². The molecule has 1 aliphatic heterocycles. The quantitative estimate of drug-likeness (QED) is 0.149. The highest BCUT2D eigenvalue weighted by Crippen LogP contribution is 2.45. The molecule has 1 unspecified atom stereocenters. The lowest BCUT2D eigenvalue weighted by Crippen LogP contribution is -2.38. The molecule has 0 aromatic heterocycles. The van der Waals surface area contributed by atoms with Gasteiger partial charge in [0.2, 0.25) is 0 Å². The number of aliphatic hydroxyl groups is 2. The molecular weight excluding hydrogens is 514 g/mol. The monoisotopic (exact) mass is 565 g/mol. The lowest BCUT2D eigenvalue weighted by molar-refractivity contribution is -0.144. The van der Waals surface area contributed by atoms with Gasteiger partial charge >= 0.3 is 5.97 Å². The van der Waals surface area contributed by atoms with Crippen molar-refractivity contribution in [3.8, 4) is 0 Å². The van der Waals surface area contributed by atoms with Crippen molar-refractivity contribution in [3.05, 3.63) is 35.4 Å². The maximum Gasteiger partial charge on any atom is 0.305 e. The first kappa shape index (κ1) is 32.3. The van der Waals surface area contributed by atoms with Crippen molar-refractivity contribution >= 4 is 17.6 Å². The summed E-state index contributed by atoms with van der Waals surface area (Å²) in [6, 6.07) is 8.18. The topological polar surface area (TPSA) is 79.2 Å². The summed E-state index contributed by atoms with van der Waals surface area (Å²) >= 11 is 6.71. The van der Waals surface area contributed by atoms with Gasteiger partial charge < -0.3 is 19.7 Å². The number of morpholine rings is 1. The molecule has 3 rings (SSSR count). The van der Waals surface area contributed by atoms with E-state index in [-0.39, 0.29) is 28.6 Å². The minimum atomic E-state index is -0.450. The minimum absolute atomic E-state index is 0.0287. The van der Waals surface area contributed by atoms with E-state index in [4.69, 9.17) is 21.1 Å². The van der Waals surface area contributed by atoms with E-state index >= 15 is 0 Å². The maximum atomic E-state index is 12.0. The van der Waals surface area contributed by atoms with Crippen LogP contribution >= 0.6 is 11.6 Å². The van der Waals surface area contributed by atoms with E-state index < -0.39 is 12.2 Å². The molecule has 222 valence electrons. The number of benzene rings is 1. The van der Waals surface area contributed by atoms with Crippen LogP contribution in [0, 0.1) is 11.3 Å². The largest absolute Gasteiger partial charge is 0.464 e. The first-order valence-corrected chi connectivity index (χ1v) is 15.6. The molecule has 1 aromatic rings. The van der Waals surface area contributed by atoms with E-state index in [9.17, 15) is 15.0 Å². The lowest BCUT2D eigenvalue weighted by atomic mass is 9.83. The van der Waals surface area contributed by atoms with Crippen molar-refractivity contribution in [2.24, 2.45) is 11.3 Å². The van der Waals surface area contributed by atoms with Crippen LogP contribution in [0.15, 0.2) is 24.3 Å². The first-order chi connectivity index (χ1) is 18.6. The summed E-state index contributed by atoms with van der Waals surface area (Å²) < 4.78 is 10.7. The Morgan fingerprint density at radius 1 is 1.10 bits per heavy atom. The number of ether oxygens (including phenoxy) is 2. The van der Waals surface area contributed by atoms with Gasteiger partial charge in [-0.05, 0) is 54.6 Å². The van der Waals surface area contributed by atoms with E-state index in [1.165, 1.54) is 0 Å². The third-order valence-electron chi connectivity index (χ3n) is 8.36. The predicted molar refractivity (Wildman–Crippen MR) is 157 cm³/mol. The fourth-order valence-electron chi connectivity index (χ4n) is 6.01. The fourth-order valence-corrected chi connectivity index (χ4v) is 6.48. The summed E-state index contributed by atoms with van der Waals surface area (Å²) in [6.45, 7) is 11.3. The van der Waals surface area contributed by atoms with E-state index in [0.717, 1.165) is 95.3 Å². The highest BCUT2D eigenvalue weighted by Gasteiger charge is 2.41. The minimum Gasteiger partial charge on any atom is -0.464 e. The van der Waals surface area contributed by atoms with Gasteiger partial charge in [-0.15, -0.1) is 11.6 Å². The number of hydrogen-bond acceptors (Lipinski definition) is 6. The van der Waals surface area contributed by atoms with Crippen LogP contribution in [0.2, 0.25) is 0 Å². The Morgan fingerprint density at radius 3 is 2.49 bits per heavy atom. The maximum absolute atomic E-state index is 12.0. The van der Waals surface area contributed by atoms with Gasteiger partial charge in [0.05, 0.1) is 25.4 Å². The molecule has 39 heavy (non-hydrogen) atoms. The van der Waals surface area contributed by atoms with Crippen molar-refractivity contribution in [1.29, 1.82) is 0 Å². The number of carbonyl (C=O) groups excluding carboxylic acids is 1. The molecule has 0 radical (unpaired) electrons. The van der Waals surface area contributed by atoms with Gasteiger partial charge in [-0.3, -0.25) is 9.69 Å². The molecule has 2 N–H and O–H groups in total. The molecule has 2 aliphatic rings. The van der Waals surface area contributed by atoms with E-state index in [1.54, 1.807) is 0 Å². The van der Waals surface area contributed by atoms with Gasteiger partial charge in [0.1, 0.15) is 6.61 Å². The summed E-state index contributed by atoms with van der Waals surface area (Å²) in [7, 11) is 0. The van der Waals surface area contributed by atoms with Crippen LogP contribution in [-0.2, 0) is 14.3 Å². The van der Waals surface area contributed by atoms with Gasteiger partial charge in [0, 0.05) is 37.4 Å². The van der Waals surface area contributed by atoms with Crippen LogP contribution in [0.5, 0.6) is 0 Å². The lowest BCUT2D eigenvalue weighted by Gasteiger charge is -2.26. The van der Waals surface area contributed by atoms with E-state index in [1.807, 2.05) is 12.1 Å². The third-order valence-corrected chi connectivity index (χ3v) is 8.86. The van der Waals surface area contributed by atoms with Crippen molar-refractivity contribution < 1.29 is 24.5 Å². The Labute approximate surface area is 241 Å². The standard InChI is InChI=1S/C32H52ClNO5/c1-32(2,3)16-8-10-28(35)24-12-14-25(15-13-24)31-26(27(33)23-29(31)36)9-6-4-5-7-11-30(37)39-22-19-34-17-20-38-21-18-34/h12-15,26-29,31,35-36H,4-11,16-23H2,1-3H3/t26-,27+,28?,29+,31+/m0/s1. The van der Waals surface area contributed by atoms with Crippen molar-refractivity contribution in [2.75, 3.05) is 39.5 Å². The summed E-state index contributed by atoms with van der Waals surface area (Å²) in [5.41, 5.74) is 2.34.